The third-order valence-corrected chi connectivity index (χ3v) is 4.19. The van der Waals surface area contributed by atoms with Crippen LogP contribution >= 0.6 is 0 Å². The number of nitrogens with one attached hydrogen (secondary N) is 1. The Labute approximate surface area is 121 Å². The number of nitrogens with zero attached hydrogens (tertiary/aromatic N) is 1. The van der Waals surface area contributed by atoms with Gasteiger partial charge in [0.25, 0.3) is 10.0 Å². The van der Waals surface area contributed by atoms with E-state index < -0.39 is 32.7 Å². The second-order valence-electron chi connectivity index (χ2n) is 4.39. The number of halogens is 1. The van der Waals surface area contributed by atoms with E-state index in [2.05, 4.69) is 4.98 Å². The maximum Gasteiger partial charge on any atom is 0.284 e. The summed E-state index contributed by atoms with van der Waals surface area (Å²) in [5, 5.41) is -0.793. The zero-order valence-electron chi connectivity index (χ0n) is 11.2. The molecule has 0 aliphatic heterocycles. The second-order valence-corrected chi connectivity index (χ2v) is 5.99. The molecule has 0 radical (unpaired) electrons. The van der Waals surface area contributed by atoms with Crippen molar-refractivity contribution < 1.29 is 17.6 Å². The fourth-order valence-corrected chi connectivity index (χ4v) is 2.79. The van der Waals surface area contributed by atoms with Crippen molar-refractivity contribution in [2.75, 3.05) is 0 Å². The molecular formula is C14H13FN2O3S. The zero-order valence-corrected chi connectivity index (χ0v) is 12.0. The smallest absolute Gasteiger partial charge is 0.273 e. The Hall–Kier alpha value is -2.28. The summed E-state index contributed by atoms with van der Waals surface area (Å²) in [6.07, 6.45) is 1.14. The molecule has 0 unspecified atom stereocenters. The van der Waals surface area contributed by atoms with Gasteiger partial charge in [0.2, 0.25) is 10.9 Å². The first kappa shape index (κ1) is 15.1. The van der Waals surface area contributed by atoms with E-state index in [0.717, 1.165) is 12.3 Å². The summed E-state index contributed by atoms with van der Waals surface area (Å²) in [5.74, 6) is -2.44. The van der Waals surface area contributed by atoms with Gasteiger partial charge in [-0.05, 0) is 24.6 Å². The van der Waals surface area contributed by atoms with E-state index in [1.165, 1.54) is 6.07 Å². The number of aromatic nitrogens is 1. The van der Waals surface area contributed by atoms with Crippen LogP contribution in [0.4, 0.5) is 4.39 Å². The first-order valence-electron chi connectivity index (χ1n) is 6.14. The summed E-state index contributed by atoms with van der Waals surface area (Å²) in [7, 11) is -4.33. The summed E-state index contributed by atoms with van der Waals surface area (Å²) in [5.41, 5.74) is 0.659. The van der Waals surface area contributed by atoms with E-state index in [0.29, 0.717) is 5.56 Å². The first-order chi connectivity index (χ1) is 9.92. The van der Waals surface area contributed by atoms with Crippen LogP contribution in [0.3, 0.4) is 0 Å². The number of hydrogen-bond donors (Lipinski definition) is 1. The van der Waals surface area contributed by atoms with Gasteiger partial charge in [-0.1, -0.05) is 30.3 Å². The molecule has 1 heterocycles. The van der Waals surface area contributed by atoms with Gasteiger partial charge in [-0.2, -0.15) is 8.42 Å². The summed E-state index contributed by atoms with van der Waals surface area (Å²) >= 11 is 0. The van der Waals surface area contributed by atoms with Crippen molar-refractivity contribution in [3.05, 3.63) is 60.0 Å². The molecule has 0 fully saturated rings. The third-order valence-electron chi connectivity index (χ3n) is 2.91. The van der Waals surface area contributed by atoms with Crippen LogP contribution in [0.25, 0.3) is 0 Å². The van der Waals surface area contributed by atoms with Gasteiger partial charge >= 0.3 is 0 Å². The normalized spacial score (nSPS) is 12.7. The highest BCUT2D eigenvalue weighted by molar-refractivity contribution is 7.90. The maximum absolute atomic E-state index is 13.5. The number of amides is 1. The van der Waals surface area contributed by atoms with Crippen molar-refractivity contribution in [2.45, 2.75) is 17.9 Å². The lowest BCUT2D eigenvalue weighted by Gasteiger charge is -2.12. The van der Waals surface area contributed by atoms with E-state index in [1.807, 2.05) is 4.72 Å². The van der Waals surface area contributed by atoms with Gasteiger partial charge in [0.15, 0.2) is 5.82 Å². The quantitative estimate of drug-likeness (QED) is 0.935. The number of carbonyl (C=O) groups excluding carboxylic acids is 1. The Bertz CT molecular complexity index is 748. The van der Waals surface area contributed by atoms with Crippen molar-refractivity contribution >= 4 is 15.9 Å². The van der Waals surface area contributed by atoms with Gasteiger partial charge in [0.1, 0.15) is 0 Å². The molecule has 1 amide bonds. The van der Waals surface area contributed by atoms with Crippen molar-refractivity contribution in [3.63, 3.8) is 0 Å². The molecule has 2 rings (SSSR count). The number of rotatable bonds is 4. The molecule has 0 saturated heterocycles. The number of carbonyl (C=O) groups is 1. The second kappa shape index (κ2) is 6.01. The summed E-state index contributed by atoms with van der Waals surface area (Å²) in [6.45, 7) is 1.56. The summed E-state index contributed by atoms with van der Waals surface area (Å²) < 4.78 is 39.2. The van der Waals surface area contributed by atoms with Gasteiger partial charge in [-0.15, -0.1) is 0 Å². The van der Waals surface area contributed by atoms with E-state index >= 15 is 0 Å². The lowest BCUT2D eigenvalue weighted by molar-refractivity contribution is -0.120. The molecule has 1 aromatic carbocycles. The fourth-order valence-electron chi connectivity index (χ4n) is 1.73. The molecule has 1 atom stereocenters. The SMILES string of the molecule is C[C@@H](C(=O)NS(=O)(=O)c1ncccc1F)c1ccccc1. The number of benzene rings is 1. The highest BCUT2D eigenvalue weighted by Crippen LogP contribution is 2.16. The van der Waals surface area contributed by atoms with Crippen molar-refractivity contribution in [1.29, 1.82) is 0 Å². The third kappa shape index (κ3) is 3.43. The molecule has 5 nitrogen and oxygen atoms in total. The lowest BCUT2D eigenvalue weighted by atomic mass is 10.0. The molecule has 0 aliphatic rings. The maximum atomic E-state index is 13.5. The standard InChI is InChI=1S/C14H13FN2O3S/c1-10(11-6-3-2-4-7-11)13(18)17-21(19,20)14-12(15)8-5-9-16-14/h2-10H,1H3,(H,17,18)/t10-/m1/s1. The molecule has 7 heteroatoms. The Balaban J connectivity index is 2.21. The molecule has 0 bridgehead atoms. The average molecular weight is 308 g/mol. The van der Waals surface area contributed by atoms with Crippen molar-refractivity contribution in [2.24, 2.45) is 0 Å². The van der Waals surface area contributed by atoms with E-state index in [9.17, 15) is 17.6 Å². The number of pyridine rings is 1. The predicted molar refractivity (Wildman–Crippen MR) is 74.4 cm³/mol. The molecule has 0 spiro atoms. The van der Waals surface area contributed by atoms with E-state index in [4.69, 9.17) is 0 Å². The zero-order chi connectivity index (χ0) is 15.5. The lowest BCUT2D eigenvalue weighted by Crippen LogP contribution is -2.34. The van der Waals surface area contributed by atoms with E-state index in [-0.39, 0.29) is 0 Å². The molecule has 0 saturated carbocycles. The first-order valence-corrected chi connectivity index (χ1v) is 7.62. The summed E-state index contributed by atoms with van der Waals surface area (Å²) in [6, 6.07) is 10.9. The molecule has 1 N–H and O–H groups in total. The Kier molecular flexibility index (Phi) is 4.32. The highest BCUT2D eigenvalue weighted by atomic mass is 32.2. The number of sulfonamides is 1. The molecular weight excluding hydrogens is 295 g/mol. The molecule has 2 aromatic rings. The molecule has 21 heavy (non-hydrogen) atoms. The van der Waals surface area contributed by atoms with Crippen LogP contribution < -0.4 is 4.72 Å². The minimum absolute atomic E-state index is 0.659. The molecule has 1 aromatic heterocycles. The minimum Gasteiger partial charge on any atom is -0.273 e. The van der Waals surface area contributed by atoms with Crippen LogP contribution in [0, 0.1) is 5.82 Å². The molecule has 110 valence electrons. The van der Waals surface area contributed by atoms with Crippen molar-refractivity contribution in [3.8, 4) is 0 Å². The van der Waals surface area contributed by atoms with Gasteiger partial charge in [-0.25, -0.2) is 14.1 Å². The predicted octanol–water partition coefficient (Wildman–Crippen LogP) is 1.83. The van der Waals surface area contributed by atoms with Gasteiger partial charge < -0.3 is 0 Å². The topological polar surface area (TPSA) is 76.1 Å². The largest absolute Gasteiger partial charge is 0.284 e. The van der Waals surface area contributed by atoms with Crippen LogP contribution in [-0.4, -0.2) is 19.3 Å². The highest BCUT2D eigenvalue weighted by Gasteiger charge is 2.26. The van der Waals surface area contributed by atoms with E-state index in [1.54, 1.807) is 37.3 Å². The monoisotopic (exact) mass is 308 g/mol. The summed E-state index contributed by atoms with van der Waals surface area (Å²) in [4.78, 5) is 15.5. The van der Waals surface area contributed by atoms with Gasteiger partial charge in [0, 0.05) is 6.20 Å². The molecule has 0 aliphatic carbocycles. The van der Waals surface area contributed by atoms with Gasteiger partial charge in [0.05, 0.1) is 5.92 Å². The van der Waals surface area contributed by atoms with Gasteiger partial charge in [-0.3, -0.25) is 4.79 Å². The van der Waals surface area contributed by atoms with Crippen LogP contribution in [0.2, 0.25) is 0 Å². The van der Waals surface area contributed by atoms with Crippen LogP contribution in [0.5, 0.6) is 0 Å². The Morgan fingerprint density at radius 3 is 2.48 bits per heavy atom. The Morgan fingerprint density at radius 1 is 1.19 bits per heavy atom. The van der Waals surface area contributed by atoms with Crippen LogP contribution in [-0.2, 0) is 14.8 Å². The van der Waals surface area contributed by atoms with Crippen molar-refractivity contribution in [1.82, 2.24) is 9.71 Å². The average Bonchev–Trinajstić information content (AvgIpc) is 2.47. The van der Waals surface area contributed by atoms with Crippen LogP contribution in [0.1, 0.15) is 18.4 Å². The number of hydrogen-bond acceptors (Lipinski definition) is 4. The minimum atomic E-state index is -4.33. The fraction of sp³-hybridized carbons (Fsp3) is 0.143. The Morgan fingerprint density at radius 2 is 1.86 bits per heavy atom. The van der Waals surface area contributed by atoms with Crippen LogP contribution in [0.15, 0.2) is 53.7 Å².